The van der Waals surface area contributed by atoms with E-state index >= 15 is 0 Å². The number of nitrogens with zero attached hydrogens (tertiary/aromatic N) is 3. The van der Waals surface area contributed by atoms with Crippen molar-refractivity contribution in [1.29, 1.82) is 0 Å². The van der Waals surface area contributed by atoms with Gasteiger partial charge in [-0.2, -0.15) is 0 Å². The topological polar surface area (TPSA) is 38.7 Å². The molecule has 0 spiro atoms. The first kappa shape index (κ1) is 8.29. The fourth-order valence-corrected chi connectivity index (χ4v) is 2.05. The monoisotopic (exact) mass is 195 g/mol. The van der Waals surface area contributed by atoms with Crippen LogP contribution in [0.2, 0.25) is 0 Å². The first-order valence-corrected chi connectivity index (χ1v) is 4.75. The summed E-state index contributed by atoms with van der Waals surface area (Å²) >= 11 is 0. The van der Waals surface area contributed by atoms with Crippen molar-refractivity contribution in [3.63, 3.8) is 0 Å². The molecule has 0 amide bonds. The molecule has 0 fully saturated rings. The molecule has 0 saturated carbocycles. The van der Waals surface area contributed by atoms with E-state index in [0.717, 1.165) is 33.1 Å². The molecule has 72 valence electrons. The van der Waals surface area contributed by atoms with E-state index in [1.165, 1.54) is 0 Å². The summed E-state index contributed by atoms with van der Waals surface area (Å²) in [6.07, 6.45) is 5.19. The minimum atomic E-state index is 0.796. The molecule has 1 aliphatic rings. The third-order valence-electron chi connectivity index (χ3n) is 2.71. The maximum atomic E-state index is 4.35. The van der Waals surface area contributed by atoms with Crippen LogP contribution in [0.3, 0.4) is 0 Å². The van der Waals surface area contributed by atoms with Crippen LogP contribution in [0.5, 0.6) is 0 Å². The van der Waals surface area contributed by atoms with Crippen molar-refractivity contribution in [1.82, 2.24) is 15.0 Å². The van der Waals surface area contributed by atoms with E-state index in [1.807, 2.05) is 13.0 Å². The largest absolute Gasteiger partial charge is 0.257 e. The molecule has 1 aliphatic carbocycles. The summed E-state index contributed by atoms with van der Waals surface area (Å²) in [5.74, 6) is 0. The Morgan fingerprint density at radius 2 is 1.73 bits per heavy atom. The SMILES string of the molecule is C=c1nccc2c1=C(C)c1nccnc1-2. The van der Waals surface area contributed by atoms with Crippen LogP contribution in [0, 0.1) is 0 Å². The van der Waals surface area contributed by atoms with E-state index < -0.39 is 0 Å². The summed E-state index contributed by atoms with van der Waals surface area (Å²) in [5.41, 5.74) is 4.10. The van der Waals surface area contributed by atoms with E-state index in [9.17, 15) is 0 Å². The molecule has 0 aliphatic heterocycles. The molecule has 2 aromatic heterocycles. The molecular weight excluding hydrogens is 186 g/mol. The smallest absolute Gasteiger partial charge is 0.0969 e. The Balaban J connectivity index is 2.58. The Hall–Kier alpha value is -2.03. The second-order valence-electron chi connectivity index (χ2n) is 3.56. The van der Waals surface area contributed by atoms with Gasteiger partial charge in [0.25, 0.3) is 0 Å². The molecule has 3 rings (SSSR count). The highest BCUT2D eigenvalue weighted by molar-refractivity contribution is 5.83. The van der Waals surface area contributed by atoms with Crippen molar-refractivity contribution in [3.8, 4) is 11.3 Å². The highest BCUT2D eigenvalue weighted by Crippen LogP contribution is 2.25. The highest BCUT2D eigenvalue weighted by Gasteiger charge is 2.19. The van der Waals surface area contributed by atoms with Crippen LogP contribution in [-0.2, 0) is 0 Å². The Morgan fingerprint density at radius 1 is 1.00 bits per heavy atom. The van der Waals surface area contributed by atoms with Gasteiger partial charge in [0.15, 0.2) is 0 Å². The average Bonchev–Trinajstić information content (AvgIpc) is 2.55. The predicted molar refractivity (Wildman–Crippen MR) is 58.2 cm³/mol. The van der Waals surface area contributed by atoms with Crippen molar-refractivity contribution in [2.45, 2.75) is 6.92 Å². The van der Waals surface area contributed by atoms with E-state index in [-0.39, 0.29) is 0 Å². The second-order valence-corrected chi connectivity index (χ2v) is 3.56. The van der Waals surface area contributed by atoms with Crippen molar-refractivity contribution in [3.05, 3.63) is 40.9 Å². The molecule has 2 aromatic rings. The number of rotatable bonds is 0. The van der Waals surface area contributed by atoms with Gasteiger partial charge in [0.1, 0.15) is 0 Å². The summed E-state index contributed by atoms with van der Waals surface area (Å²) in [5, 5.41) is 1.88. The summed E-state index contributed by atoms with van der Waals surface area (Å²) < 4.78 is 0. The van der Waals surface area contributed by atoms with Crippen molar-refractivity contribution < 1.29 is 0 Å². The lowest BCUT2D eigenvalue weighted by Crippen LogP contribution is -2.27. The van der Waals surface area contributed by atoms with Crippen LogP contribution >= 0.6 is 0 Å². The van der Waals surface area contributed by atoms with Crippen LogP contribution in [-0.4, -0.2) is 15.0 Å². The van der Waals surface area contributed by atoms with Crippen LogP contribution in [0.1, 0.15) is 12.6 Å². The van der Waals surface area contributed by atoms with Gasteiger partial charge in [0, 0.05) is 29.4 Å². The zero-order valence-electron chi connectivity index (χ0n) is 8.36. The lowest BCUT2D eigenvalue weighted by atomic mass is 10.2. The molecule has 15 heavy (non-hydrogen) atoms. The molecule has 3 nitrogen and oxygen atoms in total. The number of fused-ring (bicyclic) bond motifs is 3. The zero-order valence-corrected chi connectivity index (χ0v) is 8.36. The normalized spacial score (nSPS) is 12.5. The molecule has 0 radical (unpaired) electrons. The minimum absolute atomic E-state index is 0.796. The van der Waals surface area contributed by atoms with Crippen LogP contribution in [0.4, 0.5) is 0 Å². The highest BCUT2D eigenvalue weighted by atomic mass is 14.8. The molecular formula is C12H9N3. The van der Waals surface area contributed by atoms with Crippen LogP contribution in [0.25, 0.3) is 23.4 Å². The number of pyridine rings is 1. The quantitative estimate of drug-likeness (QED) is 0.613. The molecule has 0 saturated heterocycles. The number of hydrogen-bond acceptors (Lipinski definition) is 3. The molecule has 3 heteroatoms. The molecule has 0 bridgehead atoms. The molecule has 0 unspecified atom stereocenters. The molecule has 0 N–H and O–H groups in total. The zero-order chi connectivity index (χ0) is 10.4. The molecule has 0 aromatic carbocycles. The Labute approximate surface area is 86.9 Å². The van der Waals surface area contributed by atoms with Gasteiger partial charge in [0.05, 0.1) is 16.7 Å². The van der Waals surface area contributed by atoms with Gasteiger partial charge in [-0.1, -0.05) is 6.58 Å². The van der Waals surface area contributed by atoms with Gasteiger partial charge in [-0.3, -0.25) is 15.0 Å². The first-order valence-electron chi connectivity index (χ1n) is 4.75. The summed E-state index contributed by atoms with van der Waals surface area (Å²) in [7, 11) is 0. The van der Waals surface area contributed by atoms with Gasteiger partial charge >= 0.3 is 0 Å². The summed E-state index contributed by atoms with van der Waals surface area (Å²) in [6.45, 7) is 5.98. The van der Waals surface area contributed by atoms with Crippen molar-refractivity contribution in [2.75, 3.05) is 0 Å². The number of aromatic nitrogens is 3. The Morgan fingerprint density at radius 3 is 2.53 bits per heavy atom. The van der Waals surface area contributed by atoms with E-state index in [0.29, 0.717) is 0 Å². The Kier molecular flexibility index (Phi) is 1.51. The second kappa shape index (κ2) is 2.73. The van der Waals surface area contributed by atoms with Crippen LogP contribution in [0.15, 0.2) is 24.7 Å². The fourth-order valence-electron chi connectivity index (χ4n) is 2.05. The summed E-state index contributed by atoms with van der Waals surface area (Å²) in [4.78, 5) is 12.9. The van der Waals surface area contributed by atoms with E-state index in [1.54, 1.807) is 18.6 Å². The van der Waals surface area contributed by atoms with E-state index in [2.05, 4.69) is 21.5 Å². The fraction of sp³-hybridized carbons (Fsp3) is 0.0833. The van der Waals surface area contributed by atoms with Gasteiger partial charge in [-0.05, 0) is 18.6 Å². The maximum Gasteiger partial charge on any atom is 0.0969 e. The third-order valence-corrected chi connectivity index (χ3v) is 2.71. The van der Waals surface area contributed by atoms with Gasteiger partial charge in [-0.15, -0.1) is 0 Å². The summed E-state index contributed by atoms with van der Waals surface area (Å²) in [6, 6.07) is 1.97. The lowest BCUT2D eigenvalue weighted by molar-refractivity contribution is 1.18. The van der Waals surface area contributed by atoms with E-state index in [4.69, 9.17) is 0 Å². The van der Waals surface area contributed by atoms with Gasteiger partial charge < -0.3 is 0 Å². The lowest BCUT2D eigenvalue weighted by Gasteiger charge is -1.97. The first-order chi connectivity index (χ1) is 7.29. The predicted octanol–water partition coefficient (Wildman–Crippen LogP) is 0.481. The minimum Gasteiger partial charge on any atom is -0.257 e. The maximum absolute atomic E-state index is 4.35. The van der Waals surface area contributed by atoms with Crippen molar-refractivity contribution >= 4 is 12.2 Å². The molecule has 0 atom stereocenters. The Bertz CT molecular complexity index is 659. The number of hydrogen-bond donors (Lipinski definition) is 0. The van der Waals surface area contributed by atoms with Crippen LogP contribution < -0.4 is 10.6 Å². The van der Waals surface area contributed by atoms with Gasteiger partial charge in [0.2, 0.25) is 0 Å². The van der Waals surface area contributed by atoms with Gasteiger partial charge in [-0.25, -0.2) is 0 Å². The van der Waals surface area contributed by atoms with Crippen molar-refractivity contribution in [2.24, 2.45) is 0 Å². The molecule has 2 heterocycles. The third kappa shape index (κ3) is 0.973. The average molecular weight is 195 g/mol. The standard InChI is InChI=1S/C12H9N3/c1-7-10-8(2)13-4-3-9(10)12-11(7)14-5-6-15-12/h3-6H,2H2,1H3.